The van der Waals surface area contributed by atoms with Crippen molar-refractivity contribution in [2.75, 3.05) is 6.61 Å². The van der Waals surface area contributed by atoms with Gasteiger partial charge in [-0.15, -0.1) is 0 Å². The third-order valence-electron chi connectivity index (χ3n) is 3.12. The Morgan fingerprint density at radius 3 is 2.20 bits per heavy atom. The summed E-state index contributed by atoms with van der Waals surface area (Å²) in [6, 6.07) is 8.14. The molecule has 0 aliphatic heterocycles. The number of benzene rings is 1. The lowest BCUT2D eigenvalue weighted by Gasteiger charge is -2.24. The molecular weight excluding hydrogens is 256 g/mol. The highest BCUT2D eigenvalue weighted by Gasteiger charge is 2.24. The molecule has 0 unspecified atom stereocenters. The van der Waals surface area contributed by atoms with Crippen LogP contribution in [0.15, 0.2) is 24.3 Å². The van der Waals surface area contributed by atoms with Crippen LogP contribution in [0.1, 0.15) is 38.8 Å². The molecule has 1 aromatic carbocycles. The first kappa shape index (κ1) is 16.2. The van der Waals surface area contributed by atoms with Crippen LogP contribution in [0.5, 0.6) is 0 Å². The Kier molecular flexibility index (Phi) is 5.31. The number of carboxylic acid groups (broad SMARTS) is 1. The number of carbonyl (C=O) groups excluding carboxylic acids is 1. The fourth-order valence-corrected chi connectivity index (χ4v) is 1.95. The lowest BCUT2D eigenvalue weighted by Crippen LogP contribution is -2.28. The predicted octanol–water partition coefficient (Wildman–Crippen LogP) is 2.79. The van der Waals surface area contributed by atoms with Crippen molar-refractivity contribution in [3.63, 3.8) is 0 Å². The molecule has 0 aromatic heterocycles. The molecule has 110 valence electrons. The van der Waals surface area contributed by atoms with Gasteiger partial charge in [-0.3, -0.25) is 0 Å². The van der Waals surface area contributed by atoms with Crippen molar-refractivity contribution in [3.8, 4) is 0 Å². The molecular formula is C16H22O4. The summed E-state index contributed by atoms with van der Waals surface area (Å²) in [6.45, 7) is 8.22. The van der Waals surface area contributed by atoms with Crippen molar-refractivity contribution in [2.45, 2.75) is 39.5 Å². The topological polar surface area (TPSA) is 63.6 Å². The molecule has 1 N–H and O–H groups in total. The second kappa shape index (κ2) is 6.55. The summed E-state index contributed by atoms with van der Waals surface area (Å²) in [5, 5.41) is 8.50. The standard InChI is InChI=1S/C16H22O4/c1-11(2)9-12-5-7-13(8-6-12)16(3,4)10-20-15(19)14(17)18/h5-8,11H,9-10H2,1-4H3,(H,17,18). The van der Waals surface area contributed by atoms with Crippen molar-refractivity contribution in [1.29, 1.82) is 0 Å². The first-order valence-corrected chi connectivity index (χ1v) is 6.72. The second-order valence-corrected chi connectivity index (χ2v) is 6.06. The van der Waals surface area contributed by atoms with Gasteiger partial charge in [0.2, 0.25) is 0 Å². The number of carboxylic acids is 1. The van der Waals surface area contributed by atoms with Gasteiger partial charge >= 0.3 is 11.9 Å². The summed E-state index contributed by atoms with van der Waals surface area (Å²) in [6.07, 6.45) is 1.02. The van der Waals surface area contributed by atoms with E-state index in [0.29, 0.717) is 5.92 Å². The molecule has 0 spiro atoms. The Morgan fingerprint density at radius 2 is 1.75 bits per heavy atom. The molecule has 4 heteroatoms. The van der Waals surface area contributed by atoms with Crippen molar-refractivity contribution in [3.05, 3.63) is 35.4 Å². The van der Waals surface area contributed by atoms with E-state index in [2.05, 4.69) is 26.0 Å². The highest BCUT2D eigenvalue weighted by Crippen LogP contribution is 2.24. The van der Waals surface area contributed by atoms with Gasteiger partial charge in [0, 0.05) is 5.41 Å². The summed E-state index contributed by atoms with van der Waals surface area (Å²) in [5.41, 5.74) is 1.87. The van der Waals surface area contributed by atoms with Crippen LogP contribution >= 0.6 is 0 Å². The van der Waals surface area contributed by atoms with Gasteiger partial charge in [-0.05, 0) is 23.5 Å². The van der Waals surface area contributed by atoms with Gasteiger partial charge in [-0.25, -0.2) is 9.59 Å². The molecule has 0 atom stereocenters. The fourth-order valence-electron chi connectivity index (χ4n) is 1.95. The van der Waals surface area contributed by atoms with Gasteiger partial charge in [0.05, 0.1) is 0 Å². The first-order chi connectivity index (χ1) is 9.22. The van der Waals surface area contributed by atoms with E-state index in [0.717, 1.165) is 12.0 Å². The number of carbonyl (C=O) groups is 2. The number of aliphatic carboxylic acids is 1. The Bertz CT molecular complexity index is 472. The van der Waals surface area contributed by atoms with E-state index in [-0.39, 0.29) is 6.61 Å². The van der Waals surface area contributed by atoms with Crippen molar-refractivity contribution < 1.29 is 19.4 Å². The largest absolute Gasteiger partial charge is 0.473 e. The van der Waals surface area contributed by atoms with E-state index < -0.39 is 17.4 Å². The fraction of sp³-hybridized carbons (Fsp3) is 0.500. The van der Waals surface area contributed by atoms with E-state index in [9.17, 15) is 9.59 Å². The van der Waals surface area contributed by atoms with Crippen LogP contribution in [-0.2, 0) is 26.2 Å². The normalized spacial score (nSPS) is 11.4. The number of rotatable bonds is 5. The number of ether oxygens (including phenoxy) is 1. The monoisotopic (exact) mass is 278 g/mol. The van der Waals surface area contributed by atoms with Crippen LogP contribution in [0.4, 0.5) is 0 Å². The van der Waals surface area contributed by atoms with Gasteiger partial charge < -0.3 is 9.84 Å². The van der Waals surface area contributed by atoms with Crippen LogP contribution < -0.4 is 0 Å². The van der Waals surface area contributed by atoms with Gasteiger partial charge in [0.15, 0.2) is 0 Å². The molecule has 0 heterocycles. The molecule has 4 nitrogen and oxygen atoms in total. The molecule has 0 saturated heterocycles. The third kappa shape index (κ3) is 4.68. The summed E-state index contributed by atoms with van der Waals surface area (Å²) < 4.78 is 4.78. The lowest BCUT2D eigenvalue weighted by atomic mass is 9.85. The minimum atomic E-state index is -1.56. The Hall–Kier alpha value is -1.84. The van der Waals surface area contributed by atoms with Crippen LogP contribution in [0.2, 0.25) is 0 Å². The van der Waals surface area contributed by atoms with Gasteiger partial charge in [0.25, 0.3) is 0 Å². The number of hydrogen-bond donors (Lipinski definition) is 1. The third-order valence-corrected chi connectivity index (χ3v) is 3.12. The zero-order valence-electron chi connectivity index (χ0n) is 12.5. The molecule has 0 fully saturated rings. The molecule has 0 saturated carbocycles. The molecule has 1 rings (SSSR count). The molecule has 0 aliphatic rings. The maximum Gasteiger partial charge on any atom is 0.417 e. The average molecular weight is 278 g/mol. The van der Waals surface area contributed by atoms with Crippen LogP contribution in [0.25, 0.3) is 0 Å². The summed E-state index contributed by atoms with van der Waals surface area (Å²) in [7, 11) is 0. The van der Waals surface area contributed by atoms with E-state index in [4.69, 9.17) is 9.84 Å². The zero-order valence-corrected chi connectivity index (χ0v) is 12.5. The summed E-state index contributed by atoms with van der Waals surface area (Å²) in [5.74, 6) is -2.17. The van der Waals surface area contributed by atoms with Gasteiger partial charge in [-0.1, -0.05) is 52.0 Å². The van der Waals surface area contributed by atoms with Crippen molar-refractivity contribution >= 4 is 11.9 Å². The van der Waals surface area contributed by atoms with Crippen molar-refractivity contribution in [1.82, 2.24) is 0 Å². The summed E-state index contributed by atoms with van der Waals surface area (Å²) >= 11 is 0. The number of esters is 1. The number of hydrogen-bond acceptors (Lipinski definition) is 3. The average Bonchev–Trinajstić information content (AvgIpc) is 2.35. The smallest absolute Gasteiger partial charge is 0.417 e. The van der Waals surface area contributed by atoms with Crippen molar-refractivity contribution in [2.24, 2.45) is 5.92 Å². The zero-order chi connectivity index (χ0) is 15.3. The Morgan fingerprint density at radius 1 is 1.20 bits per heavy atom. The highest BCUT2D eigenvalue weighted by molar-refractivity contribution is 6.28. The quantitative estimate of drug-likeness (QED) is 0.664. The second-order valence-electron chi connectivity index (χ2n) is 6.06. The molecule has 0 aliphatic carbocycles. The minimum Gasteiger partial charge on any atom is -0.473 e. The Balaban J connectivity index is 2.72. The summed E-state index contributed by atoms with van der Waals surface area (Å²) in [4.78, 5) is 21.4. The van der Waals surface area contributed by atoms with Crippen LogP contribution in [0, 0.1) is 5.92 Å². The van der Waals surface area contributed by atoms with E-state index in [1.54, 1.807) is 0 Å². The van der Waals surface area contributed by atoms with E-state index in [1.807, 2.05) is 26.0 Å². The maximum absolute atomic E-state index is 11.0. The van der Waals surface area contributed by atoms with Crippen LogP contribution in [-0.4, -0.2) is 23.7 Å². The van der Waals surface area contributed by atoms with Gasteiger partial charge in [0.1, 0.15) is 6.61 Å². The highest BCUT2D eigenvalue weighted by atomic mass is 16.6. The predicted molar refractivity (Wildman–Crippen MR) is 76.6 cm³/mol. The molecule has 0 radical (unpaired) electrons. The van der Waals surface area contributed by atoms with E-state index in [1.165, 1.54) is 5.56 Å². The molecule has 1 aromatic rings. The minimum absolute atomic E-state index is 0.0433. The SMILES string of the molecule is CC(C)Cc1ccc(C(C)(C)COC(=O)C(=O)O)cc1. The first-order valence-electron chi connectivity index (χ1n) is 6.72. The maximum atomic E-state index is 11.0. The molecule has 20 heavy (non-hydrogen) atoms. The molecule has 0 bridgehead atoms. The van der Waals surface area contributed by atoms with E-state index >= 15 is 0 Å². The van der Waals surface area contributed by atoms with Gasteiger partial charge in [-0.2, -0.15) is 0 Å². The molecule has 0 amide bonds. The van der Waals surface area contributed by atoms with Crippen LogP contribution in [0.3, 0.4) is 0 Å². The lowest BCUT2D eigenvalue weighted by molar-refractivity contribution is -0.164. The Labute approximate surface area is 119 Å².